The van der Waals surface area contributed by atoms with E-state index in [0.29, 0.717) is 0 Å². The third-order valence-electron chi connectivity index (χ3n) is 3.41. The van der Waals surface area contributed by atoms with Crippen LogP contribution in [-0.2, 0) is 0 Å². The highest BCUT2D eigenvalue weighted by molar-refractivity contribution is 4.45. The van der Waals surface area contributed by atoms with Crippen molar-refractivity contribution in [1.29, 1.82) is 0 Å². The summed E-state index contributed by atoms with van der Waals surface area (Å²) in [6, 6.07) is 0. The van der Waals surface area contributed by atoms with Crippen molar-refractivity contribution in [3.05, 3.63) is 0 Å². The molecular formula is C12H29N2+. The summed E-state index contributed by atoms with van der Waals surface area (Å²) < 4.78 is 1.27. The molecule has 0 amide bonds. The Labute approximate surface area is 90.1 Å². The molecule has 0 aromatic heterocycles. The van der Waals surface area contributed by atoms with Gasteiger partial charge in [0, 0.05) is 6.42 Å². The number of rotatable bonds is 9. The Morgan fingerprint density at radius 1 is 0.857 bits per heavy atom. The number of nitrogens with two attached hydrogens (primary N) is 1. The fourth-order valence-corrected chi connectivity index (χ4v) is 2.09. The number of quaternary nitrogens is 1. The second-order valence-electron chi connectivity index (χ2n) is 4.27. The maximum absolute atomic E-state index is 5.59. The summed E-state index contributed by atoms with van der Waals surface area (Å²) in [5, 5.41) is 0. The fraction of sp³-hybridized carbons (Fsp3) is 1.00. The van der Waals surface area contributed by atoms with E-state index in [1.54, 1.807) is 0 Å². The van der Waals surface area contributed by atoms with Gasteiger partial charge < -0.3 is 10.2 Å². The first-order valence-electron chi connectivity index (χ1n) is 6.29. The molecule has 0 radical (unpaired) electrons. The van der Waals surface area contributed by atoms with Crippen molar-refractivity contribution in [2.75, 3.05) is 32.7 Å². The van der Waals surface area contributed by atoms with E-state index in [0.717, 1.165) is 6.54 Å². The highest BCUT2D eigenvalue weighted by Crippen LogP contribution is 2.10. The highest BCUT2D eigenvalue weighted by Gasteiger charge is 2.21. The molecular weight excluding hydrogens is 172 g/mol. The third kappa shape index (κ3) is 4.97. The van der Waals surface area contributed by atoms with Crippen LogP contribution in [0.15, 0.2) is 0 Å². The van der Waals surface area contributed by atoms with Crippen LogP contribution in [0.1, 0.15) is 46.5 Å². The van der Waals surface area contributed by atoms with Gasteiger partial charge in [-0.25, -0.2) is 0 Å². The van der Waals surface area contributed by atoms with Crippen molar-refractivity contribution in [3.8, 4) is 0 Å². The molecule has 0 aliphatic heterocycles. The van der Waals surface area contributed by atoms with E-state index in [4.69, 9.17) is 5.73 Å². The average molecular weight is 201 g/mol. The van der Waals surface area contributed by atoms with Gasteiger partial charge in [-0.05, 0) is 33.2 Å². The molecule has 2 heteroatoms. The monoisotopic (exact) mass is 201 g/mol. The first kappa shape index (κ1) is 13.9. The minimum Gasteiger partial charge on any atom is -0.330 e. The van der Waals surface area contributed by atoms with E-state index in [1.165, 1.54) is 56.3 Å². The quantitative estimate of drug-likeness (QED) is 0.450. The highest BCUT2D eigenvalue weighted by atomic mass is 15.3. The van der Waals surface area contributed by atoms with E-state index in [9.17, 15) is 0 Å². The van der Waals surface area contributed by atoms with Crippen LogP contribution in [0.2, 0.25) is 0 Å². The van der Waals surface area contributed by atoms with E-state index in [1.807, 2.05) is 0 Å². The summed E-state index contributed by atoms with van der Waals surface area (Å²) in [6.45, 7) is 12.9. The minimum atomic E-state index is 0.841. The minimum absolute atomic E-state index is 0.841. The summed E-state index contributed by atoms with van der Waals surface area (Å²) in [5.41, 5.74) is 5.59. The standard InChI is InChI=1S/C12H29N2/c1-4-7-8-11-14(5-2,6-3)12-9-10-13/h4-13H2,1-3H3/q+1. The molecule has 0 aromatic rings. The number of nitrogens with zero attached hydrogens (tertiary/aromatic N) is 1. The molecule has 2 nitrogen and oxygen atoms in total. The second kappa shape index (κ2) is 8.25. The van der Waals surface area contributed by atoms with Crippen LogP contribution >= 0.6 is 0 Å². The van der Waals surface area contributed by atoms with Gasteiger partial charge in [-0.2, -0.15) is 0 Å². The lowest BCUT2D eigenvalue weighted by Crippen LogP contribution is -2.49. The molecule has 0 unspecified atom stereocenters. The summed E-state index contributed by atoms with van der Waals surface area (Å²) in [7, 11) is 0. The molecule has 0 heterocycles. The molecule has 0 spiro atoms. The van der Waals surface area contributed by atoms with Crippen molar-refractivity contribution in [2.24, 2.45) is 5.73 Å². The Balaban J connectivity index is 3.94. The van der Waals surface area contributed by atoms with Crippen LogP contribution in [0.25, 0.3) is 0 Å². The molecule has 2 N–H and O–H groups in total. The van der Waals surface area contributed by atoms with Crippen molar-refractivity contribution < 1.29 is 4.48 Å². The summed E-state index contributed by atoms with van der Waals surface area (Å²) in [5.74, 6) is 0. The number of hydrogen-bond acceptors (Lipinski definition) is 1. The zero-order valence-corrected chi connectivity index (χ0v) is 10.4. The van der Waals surface area contributed by atoms with Crippen molar-refractivity contribution in [2.45, 2.75) is 46.5 Å². The molecule has 0 aliphatic rings. The molecule has 0 bridgehead atoms. The SMILES string of the molecule is CCCCC[N+](CC)(CC)CCCN. The second-order valence-corrected chi connectivity index (χ2v) is 4.27. The average Bonchev–Trinajstić information content (AvgIpc) is 2.24. The third-order valence-corrected chi connectivity index (χ3v) is 3.41. The van der Waals surface area contributed by atoms with Crippen molar-refractivity contribution >= 4 is 0 Å². The number of hydrogen-bond donors (Lipinski definition) is 1. The van der Waals surface area contributed by atoms with Gasteiger partial charge in [0.1, 0.15) is 0 Å². The van der Waals surface area contributed by atoms with Crippen molar-refractivity contribution in [3.63, 3.8) is 0 Å². The summed E-state index contributed by atoms with van der Waals surface area (Å²) in [6.07, 6.45) is 5.25. The molecule has 0 rings (SSSR count). The van der Waals surface area contributed by atoms with Gasteiger partial charge >= 0.3 is 0 Å². The van der Waals surface area contributed by atoms with Crippen molar-refractivity contribution in [1.82, 2.24) is 0 Å². The lowest BCUT2D eigenvalue weighted by atomic mass is 10.2. The zero-order valence-electron chi connectivity index (χ0n) is 10.4. The van der Waals surface area contributed by atoms with Gasteiger partial charge in [-0.3, -0.25) is 0 Å². The van der Waals surface area contributed by atoms with Gasteiger partial charge in [0.2, 0.25) is 0 Å². The van der Waals surface area contributed by atoms with Crippen LogP contribution in [-0.4, -0.2) is 37.2 Å². The van der Waals surface area contributed by atoms with Gasteiger partial charge in [0.15, 0.2) is 0 Å². The van der Waals surface area contributed by atoms with E-state index < -0.39 is 0 Å². The van der Waals surface area contributed by atoms with Gasteiger partial charge in [0.25, 0.3) is 0 Å². The van der Waals surface area contributed by atoms with E-state index >= 15 is 0 Å². The van der Waals surface area contributed by atoms with E-state index in [2.05, 4.69) is 20.8 Å². The number of unbranched alkanes of at least 4 members (excludes halogenated alkanes) is 2. The largest absolute Gasteiger partial charge is 0.330 e. The maximum atomic E-state index is 5.59. The molecule has 14 heavy (non-hydrogen) atoms. The Kier molecular flexibility index (Phi) is 8.20. The molecule has 0 saturated carbocycles. The molecule has 0 fully saturated rings. The predicted molar refractivity (Wildman–Crippen MR) is 64.3 cm³/mol. The van der Waals surface area contributed by atoms with Crippen LogP contribution in [0.3, 0.4) is 0 Å². The van der Waals surface area contributed by atoms with Gasteiger partial charge in [-0.1, -0.05) is 13.3 Å². The molecule has 0 aliphatic carbocycles. The van der Waals surface area contributed by atoms with Crippen LogP contribution in [0, 0.1) is 0 Å². The topological polar surface area (TPSA) is 26.0 Å². The van der Waals surface area contributed by atoms with Crippen LogP contribution in [0.5, 0.6) is 0 Å². The van der Waals surface area contributed by atoms with Gasteiger partial charge in [0.05, 0.1) is 26.2 Å². The molecule has 0 aromatic carbocycles. The fourth-order valence-electron chi connectivity index (χ4n) is 2.09. The lowest BCUT2D eigenvalue weighted by Gasteiger charge is -2.37. The Hall–Kier alpha value is -0.0800. The maximum Gasteiger partial charge on any atom is 0.0798 e. The first-order valence-corrected chi connectivity index (χ1v) is 6.29. The zero-order chi connectivity index (χ0) is 10.9. The summed E-state index contributed by atoms with van der Waals surface area (Å²) >= 11 is 0. The molecule has 0 atom stereocenters. The normalized spacial score (nSPS) is 12.0. The molecule has 86 valence electrons. The van der Waals surface area contributed by atoms with Crippen LogP contribution in [0.4, 0.5) is 0 Å². The Morgan fingerprint density at radius 2 is 1.43 bits per heavy atom. The molecule has 0 saturated heterocycles. The van der Waals surface area contributed by atoms with E-state index in [-0.39, 0.29) is 0 Å². The lowest BCUT2D eigenvalue weighted by molar-refractivity contribution is -0.925. The smallest absolute Gasteiger partial charge is 0.0798 e. The first-order chi connectivity index (χ1) is 6.74. The van der Waals surface area contributed by atoms with Gasteiger partial charge in [-0.15, -0.1) is 0 Å². The summed E-state index contributed by atoms with van der Waals surface area (Å²) in [4.78, 5) is 0. The predicted octanol–water partition coefficient (Wildman–Crippen LogP) is 2.38. The Morgan fingerprint density at radius 3 is 1.86 bits per heavy atom. The van der Waals surface area contributed by atoms with Crippen LogP contribution < -0.4 is 5.73 Å². The Bertz CT molecular complexity index is 119.